The summed E-state index contributed by atoms with van der Waals surface area (Å²) in [6.07, 6.45) is 4.07. The molecule has 0 amide bonds. The molecule has 1 aliphatic rings. The number of piperidine rings is 1. The van der Waals surface area contributed by atoms with E-state index in [2.05, 4.69) is 16.6 Å². The lowest BCUT2D eigenvalue weighted by molar-refractivity contribution is -0.136. The van der Waals surface area contributed by atoms with E-state index in [0.29, 0.717) is 16.8 Å². The Hall–Kier alpha value is -3.53. The van der Waals surface area contributed by atoms with Crippen molar-refractivity contribution in [2.45, 2.75) is 58.6 Å². The van der Waals surface area contributed by atoms with Gasteiger partial charge in [0.25, 0.3) is 0 Å². The molecule has 218 valence electrons. The lowest BCUT2D eigenvalue weighted by Crippen LogP contribution is -2.31. The molecular weight excluding hydrogens is 570 g/mol. The van der Waals surface area contributed by atoms with Gasteiger partial charge in [-0.05, 0) is 108 Å². The summed E-state index contributed by atoms with van der Waals surface area (Å²) in [4.78, 5) is 24.3. The summed E-state index contributed by atoms with van der Waals surface area (Å²) in [5.74, 6) is -0.297. The number of carboxylic acid groups (broad SMARTS) is 1. The molecule has 4 heterocycles. The third-order valence-corrected chi connectivity index (χ3v) is 8.98. The van der Waals surface area contributed by atoms with Crippen LogP contribution in [0, 0.1) is 6.92 Å². The molecule has 0 spiro atoms. The summed E-state index contributed by atoms with van der Waals surface area (Å²) in [6, 6.07) is 11.8. The molecule has 0 atom stereocenters. The number of hydrogen-bond donors (Lipinski definition) is 1. The van der Waals surface area contributed by atoms with Crippen LogP contribution in [-0.2, 0) is 11.2 Å². The summed E-state index contributed by atoms with van der Waals surface area (Å²) < 4.78 is 9.30. The van der Waals surface area contributed by atoms with Crippen molar-refractivity contribution in [1.29, 1.82) is 0 Å². The number of carbonyl (C=O) groups is 1. The molecule has 1 aliphatic heterocycles. The average molecular weight is 604 g/mol. The quantitative estimate of drug-likeness (QED) is 0.216. The summed E-state index contributed by atoms with van der Waals surface area (Å²) in [6.45, 7) is 9.98. The van der Waals surface area contributed by atoms with E-state index in [9.17, 15) is 9.90 Å². The monoisotopic (exact) mass is 603 g/mol. The summed E-state index contributed by atoms with van der Waals surface area (Å²) in [5.41, 5.74) is 5.96. The highest BCUT2D eigenvalue weighted by Crippen LogP contribution is 2.45. The van der Waals surface area contributed by atoms with Crippen LogP contribution in [-0.4, -0.2) is 61.5 Å². The second kappa shape index (κ2) is 10.9. The maximum absolute atomic E-state index is 12.0. The van der Waals surface area contributed by atoms with Gasteiger partial charge in [0.1, 0.15) is 27.4 Å². The van der Waals surface area contributed by atoms with Gasteiger partial charge in [-0.1, -0.05) is 11.6 Å². The number of rotatable bonds is 6. The summed E-state index contributed by atoms with van der Waals surface area (Å²) >= 11 is 7.90. The zero-order valence-corrected chi connectivity index (χ0v) is 26.0. The summed E-state index contributed by atoms with van der Waals surface area (Å²) in [5, 5.41) is 16.0. The van der Waals surface area contributed by atoms with Crippen molar-refractivity contribution >= 4 is 50.2 Å². The molecule has 0 unspecified atom stereocenters. The second-order valence-electron chi connectivity index (χ2n) is 12.1. The molecular formula is C32H34ClN5O3S. The number of aliphatic carboxylic acids is 1. The number of likely N-dealkylation sites (tertiary alicyclic amines) is 1. The minimum atomic E-state index is -0.899. The first kappa shape index (κ1) is 28.6. The van der Waals surface area contributed by atoms with E-state index in [1.807, 2.05) is 64.2 Å². The lowest BCUT2D eigenvalue weighted by atomic mass is 9.92. The van der Waals surface area contributed by atoms with Gasteiger partial charge in [-0.15, -0.1) is 11.3 Å². The number of aromatic nitrogens is 4. The van der Waals surface area contributed by atoms with Crippen LogP contribution in [0.5, 0.6) is 5.75 Å². The Bertz CT molecular complexity index is 1810. The van der Waals surface area contributed by atoms with Crippen LogP contribution in [0.2, 0.25) is 5.02 Å². The number of halogens is 1. The number of aryl methyl sites for hydroxylation is 1. The van der Waals surface area contributed by atoms with Crippen molar-refractivity contribution < 1.29 is 14.6 Å². The molecule has 8 nitrogen and oxygen atoms in total. The highest BCUT2D eigenvalue weighted by molar-refractivity contribution is 7.22. The van der Waals surface area contributed by atoms with E-state index in [1.54, 1.807) is 6.07 Å². The van der Waals surface area contributed by atoms with Gasteiger partial charge in [0, 0.05) is 16.1 Å². The smallest absolute Gasteiger partial charge is 0.307 e. The van der Waals surface area contributed by atoms with E-state index < -0.39 is 11.6 Å². The number of pyridine rings is 1. The number of thiazole rings is 1. The minimum absolute atomic E-state index is 0.123. The highest BCUT2D eigenvalue weighted by Gasteiger charge is 2.25. The third-order valence-electron chi connectivity index (χ3n) is 7.63. The fourth-order valence-electron chi connectivity index (χ4n) is 5.62. The van der Waals surface area contributed by atoms with Crippen LogP contribution in [0.1, 0.15) is 50.8 Å². The van der Waals surface area contributed by atoms with Crippen molar-refractivity contribution in [2.24, 2.45) is 0 Å². The number of fused-ring (bicyclic) bond motifs is 2. The second-order valence-corrected chi connectivity index (χ2v) is 13.5. The zero-order valence-electron chi connectivity index (χ0n) is 24.4. The van der Waals surface area contributed by atoms with Crippen molar-refractivity contribution in [2.75, 3.05) is 20.1 Å². The van der Waals surface area contributed by atoms with E-state index in [1.165, 1.54) is 11.3 Å². The first-order valence-corrected chi connectivity index (χ1v) is 15.3. The minimum Gasteiger partial charge on any atom is -0.487 e. The topological polar surface area (TPSA) is 93.4 Å². The van der Waals surface area contributed by atoms with E-state index in [4.69, 9.17) is 31.4 Å². The third kappa shape index (κ3) is 5.73. The normalized spacial score (nSPS) is 15.1. The van der Waals surface area contributed by atoms with Crippen LogP contribution in [0.15, 0.2) is 42.6 Å². The zero-order chi connectivity index (χ0) is 29.8. The van der Waals surface area contributed by atoms with E-state index in [-0.39, 0.29) is 6.42 Å². The molecule has 10 heteroatoms. The van der Waals surface area contributed by atoms with Crippen LogP contribution < -0.4 is 4.74 Å². The van der Waals surface area contributed by atoms with Crippen molar-refractivity contribution in [3.05, 3.63) is 58.7 Å². The van der Waals surface area contributed by atoms with Gasteiger partial charge >= 0.3 is 5.97 Å². The molecule has 3 aromatic heterocycles. The first-order valence-electron chi connectivity index (χ1n) is 14.1. The van der Waals surface area contributed by atoms with E-state index in [0.717, 1.165) is 80.1 Å². The Kier molecular flexibility index (Phi) is 7.45. The molecule has 0 bridgehead atoms. The first-order chi connectivity index (χ1) is 19.9. The Morgan fingerprint density at radius 3 is 2.57 bits per heavy atom. The van der Waals surface area contributed by atoms with Crippen LogP contribution in [0.25, 0.3) is 43.1 Å². The van der Waals surface area contributed by atoms with Gasteiger partial charge in [0.2, 0.25) is 0 Å². The number of benzene rings is 2. The Morgan fingerprint density at radius 1 is 1.10 bits per heavy atom. The molecule has 6 rings (SSSR count). The van der Waals surface area contributed by atoms with Gasteiger partial charge in [0.05, 0.1) is 34.6 Å². The summed E-state index contributed by atoms with van der Waals surface area (Å²) in [7, 11) is 2.16. The van der Waals surface area contributed by atoms with Gasteiger partial charge < -0.3 is 14.7 Å². The molecule has 5 aromatic rings. The molecule has 0 aliphatic carbocycles. The molecule has 2 aromatic carbocycles. The standard InChI is InChI=1S/C32H34ClN5O3S/c1-18-14-25-30(29(22(18)16-28(39)40)21-7-6-19(33)15-27(21)41-32(2,3)4)42-31(35-25)24-9-8-23-26(34-24)17-38(36-23)20-10-12-37(5)13-11-20/h6-9,14-15,17,20H,10-13,16H2,1-5H3,(H,39,40). The molecule has 1 saturated heterocycles. The maximum Gasteiger partial charge on any atom is 0.307 e. The van der Waals surface area contributed by atoms with Crippen LogP contribution in [0.4, 0.5) is 0 Å². The maximum atomic E-state index is 12.0. The van der Waals surface area contributed by atoms with Crippen molar-refractivity contribution in [3.8, 4) is 27.6 Å². The fraction of sp³-hybridized carbons (Fsp3) is 0.375. The van der Waals surface area contributed by atoms with Gasteiger partial charge in [0.15, 0.2) is 0 Å². The highest BCUT2D eigenvalue weighted by atomic mass is 35.5. The molecule has 42 heavy (non-hydrogen) atoms. The van der Waals surface area contributed by atoms with Crippen molar-refractivity contribution in [1.82, 2.24) is 24.6 Å². The number of ether oxygens (including phenoxy) is 1. The number of nitrogens with zero attached hydrogens (tertiary/aromatic N) is 5. The van der Waals surface area contributed by atoms with Gasteiger partial charge in [-0.2, -0.15) is 5.10 Å². The van der Waals surface area contributed by atoms with Crippen LogP contribution in [0.3, 0.4) is 0 Å². The molecule has 0 saturated carbocycles. The van der Waals surface area contributed by atoms with Crippen molar-refractivity contribution in [3.63, 3.8) is 0 Å². The fourth-order valence-corrected chi connectivity index (χ4v) is 6.88. The predicted molar refractivity (Wildman–Crippen MR) is 169 cm³/mol. The van der Waals surface area contributed by atoms with Crippen LogP contribution >= 0.6 is 22.9 Å². The Balaban J connectivity index is 1.48. The molecule has 1 N–H and O–H groups in total. The number of carboxylic acids is 1. The van der Waals surface area contributed by atoms with Gasteiger partial charge in [-0.25, -0.2) is 9.97 Å². The molecule has 1 fully saturated rings. The SMILES string of the molecule is Cc1cc2nc(-c3ccc4nn(C5CCN(C)CC5)cc4n3)sc2c(-c2ccc(Cl)cc2OC(C)(C)C)c1CC(=O)O. The van der Waals surface area contributed by atoms with E-state index >= 15 is 0 Å². The largest absolute Gasteiger partial charge is 0.487 e. The Morgan fingerprint density at radius 2 is 1.86 bits per heavy atom. The van der Waals surface area contributed by atoms with Gasteiger partial charge in [-0.3, -0.25) is 9.48 Å². The Labute approximate surface area is 253 Å². The predicted octanol–water partition coefficient (Wildman–Crippen LogP) is 7.41. The lowest BCUT2D eigenvalue weighted by Gasteiger charge is -2.28. The average Bonchev–Trinajstić information content (AvgIpc) is 3.53. The number of hydrogen-bond acceptors (Lipinski definition) is 7. The molecule has 0 radical (unpaired) electrons.